The van der Waals surface area contributed by atoms with E-state index in [1.807, 2.05) is 13.8 Å². The quantitative estimate of drug-likeness (QED) is 0.917. The average Bonchev–Trinajstić information content (AvgIpc) is 2.43. The summed E-state index contributed by atoms with van der Waals surface area (Å²) in [6, 6.07) is 3.47. The highest BCUT2D eigenvalue weighted by molar-refractivity contribution is 6.33. The topological polar surface area (TPSA) is 59.9 Å². The van der Waals surface area contributed by atoms with Gasteiger partial charge in [0.1, 0.15) is 28.8 Å². The molecule has 0 radical (unpaired) electrons. The Kier molecular flexibility index (Phi) is 4.98. The number of pyridine rings is 1. The number of nitrogens with one attached hydrogen (secondary N) is 1. The van der Waals surface area contributed by atoms with Crippen molar-refractivity contribution in [2.45, 2.75) is 19.9 Å². The molecule has 1 unspecified atom stereocenters. The van der Waals surface area contributed by atoms with Crippen LogP contribution in [0, 0.1) is 6.92 Å². The van der Waals surface area contributed by atoms with E-state index >= 15 is 0 Å². The Morgan fingerprint density at radius 1 is 1.30 bits per heavy atom. The molecule has 0 bridgehead atoms. The molecule has 2 aromatic rings. The number of aryl methyl sites for hydroxylation is 1. The molecule has 0 saturated carbocycles. The van der Waals surface area contributed by atoms with Crippen molar-refractivity contribution < 1.29 is 4.74 Å². The third kappa shape index (κ3) is 3.71. The van der Waals surface area contributed by atoms with Crippen molar-refractivity contribution in [3.63, 3.8) is 0 Å². The molecular formula is C13H14Cl2N4O. The van der Waals surface area contributed by atoms with Gasteiger partial charge in [0.05, 0.1) is 11.7 Å². The zero-order valence-corrected chi connectivity index (χ0v) is 12.6. The molecule has 20 heavy (non-hydrogen) atoms. The predicted octanol–water partition coefficient (Wildman–Crippen LogP) is 3.37. The van der Waals surface area contributed by atoms with Gasteiger partial charge in [0, 0.05) is 6.20 Å². The highest BCUT2D eigenvalue weighted by atomic mass is 35.5. The molecule has 7 heteroatoms. The molecule has 0 aliphatic carbocycles. The van der Waals surface area contributed by atoms with E-state index in [0.717, 1.165) is 5.69 Å². The number of hydrogen-bond acceptors (Lipinski definition) is 5. The van der Waals surface area contributed by atoms with Crippen LogP contribution in [0.3, 0.4) is 0 Å². The zero-order chi connectivity index (χ0) is 14.5. The summed E-state index contributed by atoms with van der Waals surface area (Å²) in [6.45, 7) is 4.16. The molecule has 0 aromatic carbocycles. The van der Waals surface area contributed by atoms with Crippen molar-refractivity contribution in [3.8, 4) is 5.88 Å². The summed E-state index contributed by atoms with van der Waals surface area (Å²) in [5.41, 5.74) is 0.727. The van der Waals surface area contributed by atoms with Crippen LogP contribution < -0.4 is 10.1 Å². The highest BCUT2D eigenvalue weighted by Crippen LogP contribution is 2.22. The molecule has 0 aliphatic heterocycles. The normalized spacial score (nSPS) is 12.0. The third-order valence-corrected chi connectivity index (χ3v) is 3.28. The second-order valence-corrected chi connectivity index (χ2v) is 5.05. The van der Waals surface area contributed by atoms with Crippen molar-refractivity contribution in [2.24, 2.45) is 0 Å². The van der Waals surface area contributed by atoms with Gasteiger partial charge in [-0.25, -0.2) is 15.0 Å². The minimum Gasteiger partial charge on any atom is -0.474 e. The first kappa shape index (κ1) is 14.8. The molecular weight excluding hydrogens is 299 g/mol. The Balaban J connectivity index is 1.94. The van der Waals surface area contributed by atoms with Gasteiger partial charge < -0.3 is 10.1 Å². The first-order chi connectivity index (χ1) is 9.58. The van der Waals surface area contributed by atoms with Gasteiger partial charge in [-0.15, -0.1) is 0 Å². The molecule has 0 spiro atoms. The fraction of sp³-hybridized carbons (Fsp3) is 0.308. The largest absolute Gasteiger partial charge is 0.474 e. The summed E-state index contributed by atoms with van der Waals surface area (Å²) in [4.78, 5) is 12.2. The third-order valence-electron chi connectivity index (χ3n) is 2.54. The number of rotatable bonds is 5. The maximum Gasteiger partial charge on any atom is 0.232 e. The van der Waals surface area contributed by atoms with Gasteiger partial charge in [0.15, 0.2) is 0 Å². The molecule has 0 aliphatic rings. The minimum atomic E-state index is -0.0140. The summed E-state index contributed by atoms with van der Waals surface area (Å²) in [5, 5.41) is 4.15. The predicted molar refractivity (Wildman–Crippen MR) is 79.6 cm³/mol. The molecule has 5 nitrogen and oxygen atoms in total. The van der Waals surface area contributed by atoms with E-state index in [2.05, 4.69) is 20.3 Å². The van der Waals surface area contributed by atoms with E-state index in [0.29, 0.717) is 28.3 Å². The monoisotopic (exact) mass is 312 g/mol. The lowest BCUT2D eigenvalue weighted by molar-refractivity contribution is 0.292. The lowest BCUT2D eigenvalue weighted by atomic mass is 10.3. The van der Waals surface area contributed by atoms with Crippen molar-refractivity contribution in [1.82, 2.24) is 15.0 Å². The van der Waals surface area contributed by atoms with E-state index < -0.39 is 0 Å². The van der Waals surface area contributed by atoms with Crippen molar-refractivity contribution >= 4 is 29.0 Å². The van der Waals surface area contributed by atoms with Crippen LogP contribution in [-0.2, 0) is 0 Å². The summed E-state index contributed by atoms with van der Waals surface area (Å²) in [7, 11) is 0. The maximum atomic E-state index is 6.12. The molecule has 2 aromatic heterocycles. The first-order valence-corrected chi connectivity index (χ1v) is 6.80. The van der Waals surface area contributed by atoms with Crippen LogP contribution in [0.2, 0.25) is 10.0 Å². The molecule has 1 N–H and O–H groups in total. The molecule has 2 rings (SSSR count). The van der Waals surface area contributed by atoms with E-state index in [1.165, 1.54) is 6.33 Å². The van der Waals surface area contributed by atoms with E-state index in [-0.39, 0.29) is 6.04 Å². The fourth-order valence-corrected chi connectivity index (χ4v) is 1.84. The summed E-state index contributed by atoms with van der Waals surface area (Å²) >= 11 is 12.1. The van der Waals surface area contributed by atoms with Crippen LogP contribution in [0.25, 0.3) is 0 Å². The molecule has 0 saturated heterocycles. The molecule has 0 amide bonds. The first-order valence-electron chi connectivity index (χ1n) is 6.05. The van der Waals surface area contributed by atoms with Gasteiger partial charge in [-0.3, -0.25) is 0 Å². The Hall–Kier alpha value is -1.59. The van der Waals surface area contributed by atoms with Gasteiger partial charge in [-0.2, -0.15) is 0 Å². The van der Waals surface area contributed by atoms with Crippen molar-refractivity contribution in [3.05, 3.63) is 40.4 Å². The Morgan fingerprint density at radius 2 is 2.10 bits per heavy atom. The van der Waals surface area contributed by atoms with Gasteiger partial charge in [-0.1, -0.05) is 23.2 Å². The zero-order valence-electron chi connectivity index (χ0n) is 11.1. The SMILES string of the molecule is Cc1ncnc(NC(C)COc2ncccc2Cl)c1Cl. The molecule has 106 valence electrons. The summed E-state index contributed by atoms with van der Waals surface area (Å²) in [6.07, 6.45) is 3.09. The number of anilines is 1. The van der Waals surface area contributed by atoms with Crippen LogP contribution in [0.5, 0.6) is 5.88 Å². The number of nitrogens with zero attached hydrogens (tertiary/aromatic N) is 3. The van der Waals surface area contributed by atoms with E-state index in [9.17, 15) is 0 Å². The second-order valence-electron chi connectivity index (χ2n) is 4.27. The number of ether oxygens (including phenoxy) is 1. The highest BCUT2D eigenvalue weighted by Gasteiger charge is 2.10. The van der Waals surface area contributed by atoms with Crippen molar-refractivity contribution in [2.75, 3.05) is 11.9 Å². The van der Waals surface area contributed by atoms with Crippen LogP contribution in [0.4, 0.5) is 5.82 Å². The Bertz CT molecular complexity index is 594. The average molecular weight is 313 g/mol. The standard InChI is InChI=1S/C13H14Cl2N4O/c1-8(6-20-13-10(14)4-3-5-16-13)19-12-11(15)9(2)17-7-18-12/h3-5,7-8H,6H2,1-2H3,(H,17,18,19). The van der Waals surface area contributed by atoms with E-state index in [1.54, 1.807) is 18.3 Å². The summed E-state index contributed by atoms with van der Waals surface area (Å²) < 4.78 is 5.55. The fourth-order valence-electron chi connectivity index (χ4n) is 1.51. The lowest BCUT2D eigenvalue weighted by Gasteiger charge is -2.16. The maximum absolute atomic E-state index is 6.12. The van der Waals surface area contributed by atoms with Crippen LogP contribution >= 0.6 is 23.2 Å². The molecule has 2 heterocycles. The summed E-state index contributed by atoms with van der Waals surface area (Å²) in [5.74, 6) is 0.996. The second kappa shape index (κ2) is 6.72. The minimum absolute atomic E-state index is 0.0140. The van der Waals surface area contributed by atoms with Crippen LogP contribution in [-0.4, -0.2) is 27.6 Å². The smallest absolute Gasteiger partial charge is 0.232 e. The van der Waals surface area contributed by atoms with Crippen LogP contribution in [0.1, 0.15) is 12.6 Å². The van der Waals surface area contributed by atoms with E-state index in [4.69, 9.17) is 27.9 Å². The van der Waals surface area contributed by atoms with Gasteiger partial charge >= 0.3 is 0 Å². The van der Waals surface area contributed by atoms with Gasteiger partial charge in [-0.05, 0) is 26.0 Å². The molecule has 0 fully saturated rings. The Morgan fingerprint density at radius 3 is 2.85 bits per heavy atom. The van der Waals surface area contributed by atoms with Gasteiger partial charge in [0.25, 0.3) is 0 Å². The number of hydrogen-bond donors (Lipinski definition) is 1. The number of aromatic nitrogens is 3. The van der Waals surface area contributed by atoms with Crippen LogP contribution in [0.15, 0.2) is 24.7 Å². The number of halogens is 2. The lowest BCUT2D eigenvalue weighted by Crippen LogP contribution is -2.24. The molecule has 1 atom stereocenters. The Labute approximate surface area is 127 Å². The van der Waals surface area contributed by atoms with Gasteiger partial charge in [0.2, 0.25) is 5.88 Å². The van der Waals surface area contributed by atoms with Crippen molar-refractivity contribution in [1.29, 1.82) is 0 Å².